The fourth-order valence-electron chi connectivity index (χ4n) is 7.88. The van der Waals surface area contributed by atoms with E-state index in [1.165, 1.54) is 54.4 Å². The van der Waals surface area contributed by atoms with Crippen LogP contribution in [0.2, 0.25) is 0 Å². The van der Waals surface area contributed by atoms with Gasteiger partial charge in [-0.3, -0.25) is 0 Å². The Hall–Kier alpha value is -6.12. The van der Waals surface area contributed by atoms with Gasteiger partial charge in [-0.25, -0.2) is 0 Å². The molecule has 0 saturated carbocycles. The molecular weight excluding hydrogens is 583 g/mol. The largest absolute Gasteiger partial charge is 0.460 e. The minimum Gasteiger partial charge on any atom is -0.460 e. The molecule has 0 bridgehead atoms. The fourth-order valence-corrected chi connectivity index (χ4v) is 7.88. The summed E-state index contributed by atoms with van der Waals surface area (Å²) in [5.74, 6) is 2.39. The molecule has 226 valence electrons. The molecule has 2 aliphatic rings. The number of fused-ring (bicyclic) bond motifs is 10. The Morgan fingerprint density at radius 1 is 0.521 bits per heavy atom. The lowest BCUT2D eigenvalue weighted by Gasteiger charge is -2.26. The number of benzene rings is 8. The first-order valence-electron chi connectivity index (χ1n) is 16.7. The second-order valence-corrected chi connectivity index (χ2v) is 12.8. The number of anilines is 3. The average Bonchev–Trinajstić information content (AvgIpc) is 3.54. The normalized spacial score (nSPS) is 15.0. The van der Waals surface area contributed by atoms with Crippen molar-refractivity contribution in [2.45, 2.75) is 12.3 Å². The monoisotopic (exact) mass is 613 g/mol. The maximum atomic E-state index is 6.42. The van der Waals surface area contributed by atoms with Gasteiger partial charge in [0.25, 0.3) is 0 Å². The van der Waals surface area contributed by atoms with Crippen molar-refractivity contribution < 1.29 is 4.74 Å². The van der Waals surface area contributed by atoms with Crippen LogP contribution in [0.3, 0.4) is 0 Å². The molecule has 1 aliphatic heterocycles. The van der Waals surface area contributed by atoms with Crippen LogP contribution in [0.5, 0.6) is 5.75 Å². The van der Waals surface area contributed by atoms with E-state index in [1.807, 2.05) is 0 Å². The fraction of sp³-hybridized carbons (Fsp3) is 0.0435. The molecule has 0 radical (unpaired) electrons. The molecule has 1 heterocycles. The molecule has 0 spiro atoms. The van der Waals surface area contributed by atoms with Gasteiger partial charge in [0.05, 0.1) is 0 Å². The number of allylic oxidation sites excluding steroid dienone is 4. The summed E-state index contributed by atoms with van der Waals surface area (Å²) < 4.78 is 6.42. The molecule has 0 amide bonds. The minimum atomic E-state index is 0.327. The van der Waals surface area contributed by atoms with Gasteiger partial charge in [0, 0.05) is 33.9 Å². The lowest BCUT2D eigenvalue weighted by atomic mass is 9.91. The summed E-state index contributed by atoms with van der Waals surface area (Å²) in [6.45, 7) is 0. The second-order valence-electron chi connectivity index (χ2n) is 12.8. The van der Waals surface area contributed by atoms with Crippen molar-refractivity contribution >= 4 is 60.2 Å². The summed E-state index contributed by atoms with van der Waals surface area (Å²) in [6.07, 6.45) is 7.43. The van der Waals surface area contributed by atoms with Crippen LogP contribution in [-0.4, -0.2) is 0 Å². The van der Waals surface area contributed by atoms with Gasteiger partial charge in [-0.15, -0.1) is 0 Å². The molecule has 0 saturated heterocycles. The highest BCUT2D eigenvalue weighted by atomic mass is 16.5. The molecule has 48 heavy (non-hydrogen) atoms. The van der Waals surface area contributed by atoms with Crippen LogP contribution in [0.15, 0.2) is 176 Å². The third kappa shape index (κ3) is 4.19. The van der Waals surface area contributed by atoms with Crippen LogP contribution in [0.1, 0.15) is 17.9 Å². The minimum absolute atomic E-state index is 0.327. The predicted molar refractivity (Wildman–Crippen MR) is 202 cm³/mol. The van der Waals surface area contributed by atoms with Crippen molar-refractivity contribution in [3.05, 3.63) is 181 Å². The molecule has 8 aromatic rings. The summed E-state index contributed by atoms with van der Waals surface area (Å²) in [5, 5.41) is 10.0. The SMILES string of the molecule is C1=CCC2C(=C1)Oc1c2ccc2cc(N(c3ccccc3)c3ccc(-c4cccc5c4ccc4ccc6ccccc6c45)cc3)ccc12. The third-order valence-corrected chi connectivity index (χ3v) is 10.2. The molecule has 1 unspecified atom stereocenters. The lowest BCUT2D eigenvalue weighted by molar-refractivity contribution is 0.429. The van der Waals surface area contributed by atoms with Crippen molar-refractivity contribution in [1.29, 1.82) is 0 Å². The van der Waals surface area contributed by atoms with Crippen molar-refractivity contribution in [2.24, 2.45) is 0 Å². The van der Waals surface area contributed by atoms with Crippen molar-refractivity contribution in [3.8, 4) is 16.9 Å². The number of hydrogen-bond acceptors (Lipinski definition) is 2. The first-order valence-corrected chi connectivity index (χ1v) is 16.7. The highest BCUT2D eigenvalue weighted by molar-refractivity contribution is 6.22. The van der Waals surface area contributed by atoms with Gasteiger partial charge in [0.1, 0.15) is 11.5 Å². The maximum Gasteiger partial charge on any atom is 0.138 e. The van der Waals surface area contributed by atoms with E-state index >= 15 is 0 Å². The standard InChI is InChI=1S/C46H31NO/c1-2-10-34(11-3-1)47(36-25-28-39-33(29-36)22-27-43-41-13-6-7-16-44(41)48-46(39)43)35-23-19-31(20-24-35)37-14-8-15-42-40(37)26-21-32-18-17-30-9-4-5-12-38(30)45(32)42/h1-12,14-29,41H,13H2. The highest BCUT2D eigenvalue weighted by Crippen LogP contribution is 2.49. The van der Waals surface area contributed by atoms with Gasteiger partial charge >= 0.3 is 0 Å². The van der Waals surface area contributed by atoms with E-state index < -0.39 is 0 Å². The second kappa shape index (κ2) is 10.7. The molecule has 10 rings (SSSR count). The van der Waals surface area contributed by atoms with Gasteiger partial charge in [-0.05, 0) is 104 Å². The van der Waals surface area contributed by atoms with Crippen molar-refractivity contribution in [3.63, 3.8) is 0 Å². The zero-order valence-electron chi connectivity index (χ0n) is 26.3. The third-order valence-electron chi connectivity index (χ3n) is 10.2. The Kier molecular flexibility index (Phi) is 6.04. The van der Waals surface area contributed by atoms with E-state index in [0.29, 0.717) is 5.92 Å². The Bertz CT molecular complexity index is 2610. The molecule has 1 aliphatic carbocycles. The molecule has 0 N–H and O–H groups in total. The zero-order valence-corrected chi connectivity index (χ0v) is 26.3. The molecule has 2 heteroatoms. The number of ether oxygens (including phenoxy) is 1. The van der Waals surface area contributed by atoms with E-state index in [2.05, 4.69) is 175 Å². The van der Waals surface area contributed by atoms with Crippen LogP contribution in [-0.2, 0) is 0 Å². The number of para-hydroxylation sites is 1. The Labute approximate surface area is 279 Å². The van der Waals surface area contributed by atoms with Crippen LogP contribution >= 0.6 is 0 Å². The summed E-state index contributed by atoms with van der Waals surface area (Å²) in [6, 6.07) is 55.3. The van der Waals surface area contributed by atoms with Crippen LogP contribution in [0, 0.1) is 0 Å². The average molecular weight is 614 g/mol. The van der Waals surface area contributed by atoms with Crippen LogP contribution < -0.4 is 9.64 Å². The first-order chi connectivity index (χ1) is 23.8. The maximum absolute atomic E-state index is 6.42. The summed E-state index contributed by atoms with van der Waals surface area (Å²) in [4.78, 5) is 2.34. The van der Waals surface area contributed by atoms with Gasteiger partial charge < -0.3 is 9.64 Å². The highest BCUT2D eigenvalue weighted by Gasteiger charge is 2.31. The number of rotatable bonds is 4. The summed E-state index contributed by atoms with van der Waals surface area (Å²) in [5.41, 5.74) is 7.07. The molecule has 1 atom stereocenters. The van der Waals surface area contributed by atoms with E-state index in [9.17, 15) is 0 Å². The molecule has 0 fully saturated rings. The van der Waals surface area contributed by atoms with Crippen LogP contribution in [0.25, 0.3) is 54.2 Å². The van der Waals surface area contributed by atoms with E-state index in [0.717, 1.165) is 40.4 Å². The Balaban J connectivity index is 1.07. The summed E-state index contributed by atoms with van der Waals surface area (Å²) >= 11 is 0. The van der Waals surface area contributed by atoms with E-state index in [4.69, 9.17) is 4.74 Å². The molecule has 8 aromatic carbocycles. The first kappa shape index (κ1) is 27.0. The van der Waals surface area contributed by atoms with Gasteiger partial charge in [-0.2, -0.15) is 0 Å². The number of nitrogens with zero attached hydrogens (tertiary/aromatic N) is 1. The van der Waals surface area contributed by atoms with Gasteiger partial charge in [0.2, 0.25) is 0 Å². The Morgan fingerprint density at radius 2 is 1.25 bits per heavy atom. The van der Waals surface area contributed by atoms with Crippen LogP contribution in [0.4, 0.5) is 17.1 Å². The van der Waals surface area contributed by atoms with E-state index in [1.54, 1.807) is 0 Å². The van der Waals surface area contributed by atoms with E-state index in [-0.39, 0.29) is 0 Å². The van der Waals surface area contributed by atoms with Crippen molar-refractivity contribution in [1.82, 2.24) is 0 Å². The predicted octanol–water partition coefficient (Wildman–Crippen LogP) is 12.8. The lowest BCUT2D eigenvalue weighted by Crippen LogP contribution is -2.09. The topological polar surface area (TPSA) is 12.5 Å². The smallest absolute Gasteiger partial charge is 0.138 e. The molecule has 2 nitrogen and oxygen atoms in total. The summed E-state index contributed by atoms with van der Waals surface area (Å²) in [7, 11) is 0. The number of hydrogen-bond donors (Lipinski definition) is 0. The quantitative estimate of drug-likeness (QED) is 0.183. The van der Waals surface area contributed by atoms with Gasteiger partial charge in [-0.1, -0.05) is 121 Å². The Morgan fingerprint density at radius 3 is 2.17 bits per heavy atom. The molecule has 0 aromatic heterocycles. The van der Waals surface area contributed by atoms with Gasteiger partial charge in [0.15, 0.2) is 0 Å². The zero-order chi connectivity index (χ0) is 31.6. The molecular formula is C46H31NO. The van der Waals surface area contributed by atoms with Crippen molar-refractivity contribution in [2.75, 3.05) is 4.90 Å².